The van der Waals surface area contributed by atoms with E-state index in [1.165, 1.54) is 0 Å². The number of sulfonamides is 1. The number of nitrogens with zero attached hydrogens (tertiary/aromatic N) is 1. The Hall–Kier alpha value is -0.910. The third-order valence-electron chi connectivity index (χ3n) is 4.31. The van der Waals surface area contributed by atoms with Crippen LogP contribution in [-0.2, 0) is 10.0 Å². The highest BCUT2D eigenvalue weighted by atomic mass is 32.2. The first-order valence-electron chi connectivity index (χ1n) is 7.75. The summed E-state index contributed by atoms with van der Waals surface area (Å²) in [6, 6.07) is 7.49. The molecule has 1 heterocycles. The van der Waals surface area contributed by atoms with Crippen molar-refractivity contribution in [2.45, 2.75) is 44.6 Å². The Kier molecular flexibility index (Phi) is 5.41. The van der Waals surface area contributed by atoms with Gasteiger partial charge in [0.1, 0.15) is 0 Å². The molecular weight excluding hydrogens is 284 g/mol. The number of rotatable bonds is 5. The highest BCUT2D eigenvalue weighted by Crippen LogP contribution is 2.25. The van der Waals surface area contributed by atoms with E-state index >= 15 is 0 Å². The normalized spacial score (nSPS) is 22.1. The number of aryl methyl sites for hydroxylation is 1. The van der Waals surface area contributed by atoms with Gasteiger partial charge in [-0.05, 0) is 51.3 Å². The second-order valence-corrected chi connectivity index (χ2v) is 7.86. The smallest absolute Gasteiger partial charge is 0.243 e. The molecule has 0 bridgehead atoms. The van der Waals surface area contributed by atoms with Gasteiger partial charge < -0.3 is 5.32 Å². The highest BCUT2D eigenvalue weighted by Gasteiger charge is 2.32. The Bertz CT molecular complexity index is 554. The molecule has 2 rings (SSSR count). The standard InChI is InChI=1S/C16H26N2O2S/c1-4-17-14(3)15-6-5-11-18(12-15)21(19,20)16-9-7-13(2)8-10-16/h7-10,14-15,17H,4-6,11-12H2,1-3H3. The summed E-state index contributed by atoms with van der Waals surface area (Å²) in [5, 5.41) is 3.41. The van der Waals surface area contributed by atoms with Crippen LogP contribution >= 0.6 is 0 Å². The molecule has 2 unspecified atom stereocenters. The zero-order chi connectivity index (χ0) is 15.5. The van der Waals surface area contributed by atoms with Gasteiger partial charge in [0.2, 0.25) is 10.0 Å². The predicted molar refractivity (Wildman–Crippen MR) is 85.8 cm³/mol. The summed E-state index contributed by atoms with van der Waals surface area (Å²) in [4.78, 5) is 0.407. The van der Waals surface area contributed by atoms with E-state index in [1.807, 2.05) is 19.1 Å². The third kappa shape index (κ3) is 3.84. The zero-order valence-electron chi connectivity index (χ0n) is 13.2. The summed E-state index contributed by atoms with van der Waals surface area (Å²) in [6.07, 6.45) is 2.03. The van der Waals surface area contributed by atoms with Crippen LogP contribution in [-0.4, -0.2) is 38.4 Å². The maximum atomic E-state index is 12.7. The van der Waals surface area contributed by atoms with Gasteiger partial charge in [0.15, 0.2) is 0 Å². The molecule has 4 nitrogen and oxygen atoms in total. The lowest BCUT2D eigenvalue weighted by atomic mass is 9.93. The first kappa shape index (κ1) is 16.5. The fraction of sp³-hybridized carbons (Fsp3) is 0.625. The molecule has 0 aromatic heterocycles. The van der Waals surface area contributed by atoms with Gasteiger partial charge in [-0.2, -0.15) is 4.31 Å². The van der Waals surface area contributed by atoms with Crippen LogP contribution in [0.3, 0.4) is 0 Å². The number of piperidine rings is 1. The van der Waals surface area contributed by atoms with Gasteiger partial charge in [0, 0.05) is 19.1 Å². The maximum Gasteiger partial charge on any atom is 0.243 e. The minimum atomic E-state index is -3.35. The Labute approximate surface area is 128 Å². The molecule has 1 aliphatic heterocycles. The Morgan fingerprint density at radius 2 is 2.00 bits per heavy atom. The van der Waals surface area contributed by atoms with E-state index < -0.39 is 10.0 Å². The van der Waals surface area contributed by atoms with Crippen molar-refractivity contribution in [2.75, 3.05) is 19.6 Å². The summed E-state index contributed by atoms with van der Waals surface area (Å²) < 4.78 is 27.1. The molecule has 0 amide bonds. The van der Waals surface area contributed by atoms with Crippen LogP contribution in [0.25, 0.3) is 0 Å². The molecule has 21 heavy (non-hydrogen) atoms. The van der Waals surface area contributed by atoms with Crippen molar-refractivity contribution in [1.29, 1.82) is 0 Å². The van der Waals surface area contributed by atoms with Gasteiger partial charge in [0.25, 0.3) is 0 Å². The van der Waals surface area contributed by atoms with Gasteiger partial charge in [0.05, 0.1) is 4.90 Å². The molecule has 1 fully saturated rings. The minimum Gasteiger partial charge on any atom is -0.314 e. The van der Waals surface area contributed by atoms with E-state index in [0.717, 1.165) is 24.9 Å². The van der Waals surface area contributed by atoms with E-state index in [9.17, 15) is 8.42 Å². The van der Waals surface area contributed by atoms with Crippen LogP contribution in [0.1, 0.15) is 32.3 Å². The van der Waals surface area contributed by atoms with Crippen LogP contribution in [0.4, 0.5) is 0 Å². The van der Waals surface area contributed by atoms with Gasteiger partial charge in [-0.15, -0.1) is 0 Å². The average molecular weight is 310 g/mol. The van der Waals surface area contributed by atoms with E-state index in [1.54, 1.807) is 16.4 Å². The summed E-state index contributed by atoms with van der Waals surface area (Å²) in [7, 11) is -3.35. The molecule has 118 valence electrons. The van der Waals surface area contributed by atoms with E-state index in [2.05, 4.69) is 19.2 Å². The topological polar surface area (TPSA) is 49.4 Å². The SMILES string of the molecule is CCNC(C)C1CCCN(S(=O)(=O)c2ccc(C)cc2)C1. The van der Waals surface area contributed by atoms with Gasteiger partial charge >= 0.3 is 0 Å². The largest absolute Gasteiger partial charge is 0.314 e. The summed E-state index contributed by atoms with van der Waals surface area (Å²) in [6.45, 7) is 8.36. The van der Waals surface area contributed by atoms with Crippen LogP contribution in [0.5, 0.6) is 0 Å². The monoisotopic (exact) mass is 310 g/mol. The molecule has 0 aliphatic carbocycles. The van der Waals surface area contributed by atoms with Crippen LogP contribution in [0.2, 0.25) is 0 Å². The molecule has 1 aliphatic rings. The summed E-state index contributed by atoms with van der Waals surface area (Å²) >= 11 is 0. The lowest BCUT2D eigenvalue weighted by Crippen LogP contribution is -2.46. The van der Waals surface area contributed by atoms with Gasteiger partial charge in [-0.1, -0.05) is 24.6 Å². The molecule has 0 spiro atoms. The lowest BCUT2D eigenvalue weighted by molar-refractivity contribution is 0.225. The number of nitrogens with one attached hydrogen (secondary N) is 1. The van der Waals surface area contributed by atoms with E-state index in [-0.39, 0.29) is 0 Å². The van der Waals surface area contributed by atoms with Gasteiger partial charge in [-0.25, -0.2) is 8.42 Å². The first-order chi connectivity index (χ1) is 9.95. The Morgan fingerprint density at radius 1 is 1.33 bits per heavy atom. The summed E-state index contributed by atoms with van der Waals surface area (Å²) in [5.41, 5.74) is 1.08. The van der Waals surface area contributed by atoms with Crippen molar-refractivity contribution < 1.29 is 8.42 Å². The van der Waals surface area contributed by atoms with Crippen molar-refractivity contribution in [2.24, 2.45) is 5.92 Å². The highest BCUT2D eigenvalue weighted by molar-refractivity contribution is 7.89. The fourth-order valence-corrected chi connectivity index (χ4v) is 4.48. The predicted octanol–water partition coefficient (Wildman–Crippen LogP) is 2.39. The van der Waals surface area contributed by atoms with Crippen molar-refractivity contribution >= 4 is 10.0 Å². The number of benzene rings is 1. The second kappa shape index (κ2) is 6.90. The minimum absolute atomic E-state index is 0.353. The van der Waals surface area contributed by atoms with Crippen molar-refractivity contribution in [3.05, 3.63) is 29.8 Å². The molecular formula is C16H26N2O2S. The molecule has 0 saturated carbocycles. The Morgan fingerprint density at radius 3 is 2.62 bits per heavy atom. The van der Waals surface area contributed by atoms with Crippen LogP contribution in [0, 0.1) is 12.8 Å². The summed E-state index contributed by atoms with van der Waals surface area (Å²) in [5.74, 6) is 0.388. The average Bonchev–Trinajstić information content (AvgIpc) is 2.48. The lowest BCUT2D eigenvalue weighted by Gasteiger charge is -2.35. The molecule has 1 saturated heterocycles. The molecule has 2 atom stereocenters. The maximum absolute atomic E-state index is 12.7. The number of hydrogen-bond acceptors (Lipinski definition) is 3. The van der Waals surface area contributed by atoms with Crippen LogP contribution in [0.15, 0.2) is 29.2 Å². The van der Waals surface area contributed by atoms with E-state index in [4.69, 9.17) is 0 Å². The third-order valence-corrected chi connectivity index (χ3v) is 6.19. The molecule has 1 aromatic carbocycles. The second-order valence-electron chi connectivity index (χ2n) is 5.92. The number of hydrogen-bond donors (Lipinski definition) is 1. The molecule has 1 aromatic rings. The quantitative estimate of drug-likeness (QED) is 0.908. The Balaban J connectivity index is 2.14. The van der Waals surface area contributed by atoms with Gasteiger partial charge in [-0.3, -0.25) is 0 Å². The first-order valence-corrected chi connectivity index (χ1v) is 9.19. The zero-order valence-corrected chi connectivity index (χ0v) is 14.0. The van der Waals surface area contributed by atoms with Crippen molar-refractivity contribution in [3.63, 3.8) is 0 Å². The van der Waals surface area contributed by atoms with Crippen molar-refractivity contribution in [1.82, 2.24) is 9.62 Å². The van der Waals surface area contributed by atoms with Crippen molar-refractivity contribution in [3.8, 4) is 0 Å². The molecule has 1 N–H and O–H groups in total. The molecule has 0 radical (unpaired) electrons. The van der Waals surface area contributed by atoms with E-state index in [0.29, 0.717) is 29.9 Å². The fourth-order valence-electron chi connectivity index (χ4n) is 2.95. The molecule has 5 heteroatoms. The van der Waals surface area contributed by atoms with Crippen LogP contribution < -0.4 is 5.32 Å².